The number of carbonyl (C=O) groups is 1. The molecule has 1 saturated heterocycles. The number of rotatable bonds is 9. The van der Waals surface area contributed by atoms with E-state index in [2.05, 4.69) is 6.58 Å². The fourth-order valence-electron chi connectivity index (χ4n) is 2.64. The average molecular weight is 446 g/mol. The maximum atomic E-state index is 12.5. The highest BCUT2D eigenvalue weighted by Crippen LogP contribution is 2.34. The van der Waals surface area contributed by atoms with E-state index in [9.17, 15) is 4.79 Å². The lowest BCUT2D eigenvalue weighted by atomic mass is 10.2. The Bertz CT molecular complexity index is 945. The molecule has 1 amide bonds. The average Bonchev–Trinajstić information content (AvgIpc) is 2.98. The third-order valence-corrected chi connectivity index (χ3v) is 5.72. The SMILES string of the molecule is C=CCN1C(=O)C(=Cc2ccccc2OCCCOc2ccccc2Cl)SC1=S. The Hall–Kier alpha value is -2.28. The number of benzene rings is 2. The molecule has 4 nitrogen and oxygen atoms in total. The van der Waals surface area contributed by atoms with Gasteiger partial charge in [-0.25, -0.2) is 0 Å². The first-order valence-electron chi connectivity index (χ1n) is 9.05. The summed E-state index contributed by atoms with van der Waals surface area (Å²) >= 11 is 12.6. The number of hydrogen-bond acceptors (Lipinski definition) is 5. The van der Waals surface area contributed by atoms with Crippen molar-refractivity contribution in [3.8, 4) is 11.5 Å². The molecule has 0 N–H and O–H groups in total. The highest BCUT2D eigenvalue weighted by Gasteiger charge is 2.31. The summed E-state index contributed by atoms with van der Waals surface area (Å²) in [4.78, 5) is 14.6. The number of thioether (sulfide) groups is 1. The second-order valence-corrected chi connectivity index (χ2v) is 8.18. The van der Waals surface area contributed by atoms with Gasteiger partial charge >= 0.3 is 0 Å². The van der Waals surface area contributed by atoms with Gasteiger partial charge < -0.3 is 9.47 Å². The van der Waals surface area contributed by atoms with Gasteiger partial charge in [0.15, 0.2) is 0 Å². The summed E-state index contributed by atoms with van der Waals surface area (Å²) < 4.78 is 12.1. The molecule has 1 aliphatic heterocycles. The highest BCUT2D eigenvalue weighted by molar-refractivity contribution is 8.26. The van der Waals surface area contributed by atoms with Crippen molar-refractivity contribution in [3.05, 3.63) is 76.7 Å². The van der Waals surface area contributed by atoms with Crippen molar-refractivity contribution in [3.63, 3.8) is 0 Å². The summed E-state index contributed by atoms with van der Waals surface area (Å²) in [5.41, 5.74) is 0.832. The minimum atomic E-state index is -0.108. The molecule has 1 fully saturated rings. The van der Waals surface area contributed by atoms with E-state index in [0.29, 0.717) is 51.9 Å². The van der Waals surface area contributed by atoms with Crippen molar-refractivity contribution >= 4 is 51.9 Å². The number of carbonyl (C=O) groups excluding carboxylic acids is 1. The summed E-state index contributed by atoms with van der Waals surface area (Å²) in [6.07, 6.45) is 4.18. The molecule has 29 heavy (non-hydrogen) atoms. The molecule has 2 aromatic rings. The predicted octanol–water partition coefficient (Wildman–Crippen LogP) is 5.58. The summed E-state index contributed by atoms with van der Waals surface area (Å²) in [6, 6.07) is 15.0. The molecule has 1 aliphatic rings. The molecule has 0 spiro atoms. The molecule has 0 unspecified atom stereocenters. The minimum Gasteiger partial charge on any atom is -0.493 e. The van der Waals surface area contributed by atoms with Gasteiger partial charge in [-0.05, 0) is 24.3 Å². The van der Waals surface area contributed by atoms with Crippen LogP contribution in [-0.2, 0) is 4.79 Å². The zero-order chi connectivity index (χ0) is 20.6. The molecule has 0 atom stereocenters. The quantitative estimate of drug-likeness (QED) is 0.218. The van der Waals surface area contributed by atoms with E-state index in [0.717, 1.165) is 5.56 Å². The van der Waals surface area contributed by atoms with Gasteiger partial charge in [0.25, 0.3) is 5.91 Å². The van der Waals surface area contributed by atoms with Crippen LogP contribution in [0.2, 0.25) is 5.02 Å². The Morgan fingerprint density at radius 3 is 2.45 bits per heavy atom. The van der Waals surface area contributed by atoms with Gasteiger partial charge in [0.2, 0.25) is 0 Å². The van der Waals surface area contributed by atoms with Gasteiger partial charge in [0.1, 0.15) is 15.8 Å². The zero-order valence-electron chi connectivity index (χ0n) is 15.7. The van der Waals surface area contributed by atoms with Gasteiger partial charge in [-0.2, -0.15) is 0 Å². The van der Waals surface area contributed by atoms with Gasteiger partial charge in [-0.1, -0.05) is 72.0 Å². The fraction of sp³-hybridized carbons (Fsp3) is 0.182. The van der Waals surface area contributed by atoms with Crippen LogP contribution in [0.3, 0.4) is 0 Å². The number of thiocarbonyl (C=S) groups is 1. The highest BCUT2D eigenvalue weighted by atomic mass is 35.5. The van der Waals surface area contributed by atoms with Crippen LogP contribution in [0.15, 0.2) is 66.1 Å². The number of para-hydroxylation sites is 2. The Labute approximate surface area is 185 Å². The summed E-state index contributed by atoms with van der Waals surface area (Å²) in [5, 5.41) is 0.590. The van der Waals surface area contributed by atoms with Crippen LogP contribution < -0.4 is 9.47 Å². The molecular formula is C22H20ClNO3S2. The van der Waals surface area contributed by atoms with Crippen molar-refractivity contribution in [2.45, 2.75) is 6.42 Å². The number of hydrogen-bond donors (Lipinski definition) is 0. The lowest BCUT2D eigenvalue weighted by Gasteiger charge is -2.11. The van der Waals surface area contributed by atoms with Gasteiger partial charge in [0, 0.05) is 18.5 Å². The first-order valence-corrected chi connectivity index (χ1v) is 10.7. The number of ether oxygens (including phenoxy) is 2. The topological polar surface area (TPSA) is 38.8 Å². The largest absolute Gasteiger partial charge is 0.493 e. The number of amides is 1. The monoisotopic (exact) mass is 445 g/mol. The van der Waals surface area contributed by atoms with E-state index in [4.69, 9.17) is 33.3 Å². The van der Waals surface area contributed by atoms with E-state index < -0.39 is 0 Å². The molecule has 3 rings (SSSR count). The maximum Gasteiger partial charge on any atom is 0.266 e. The van der Waals surface area contributed by atoms with E-state index in [1.54, 1.807) is 12.1 Å². The third-order valence-electron chi connectivity index (χ3n) is 4.03. The van der Waals surface area contributed by atoms with Crippen LogP contribution in [0, 0.1) is 0 Å². The third kappa shape index (κ3) is 5.63. The molecule has 150 valence electrons. The molecule has 0 bridgehead atoms. The maximum absolute atomic E-state index is 12.5. The van der Waals surface area contributed by atoms with Crippen molar-refractivity contribution in [1.82, 2.24) is 4.90 Å². The summed E-state index contributed by atoms with van der Waals surface area (Å²) in [6.45, 7) is 5.05. The normalized spacial score (nSPS) is 15.1. The number of nitrogens with zero attached hydrogens (tertiary/aromatic N) is 1. The second kappa shape index (κ2) is 10.5. The van der Waals surface area contributed by atoms with E-state index in [1.807, 2.05) is 48.5 Å². The lowest BCUT2D eigenvalue weighted by molar-refractivity contribution is -0.121. The standard InChI is InChI=1S/C22H20ClNO3S2/c1-2-12-24-21(25)20(29-22(24)28)15-16-8-3-5-10-18(16)26-13-7-14-27-19-11-6-4-9-17(19)23/h2-6,8-11,15H,1,7,12-14H2. The van der Waals surface area contributed by atoms with Crippen LogP contribution in [0.1, 0.15) is 12.0 Å². The van der Waals surface area contributed by atoms with Crippen molar-refractivity contribution in [2.24, 2.45) is 0 Å². The zero-order valence-corrected chi connectivity index (χ0v) is 18.1. The summed E-state index contributed by atoms with van der Waals surface area (Å²) in [7, 11) is 0. The molecule has 0 aromatic heterocycles. The molecule has 7 heteroatoms. The summed E-state index contributed by atoms with van der Waals surface area (Å²) in [5.74, 6) is 1.26. The molecule has 1 heterocycles. The van der Waals surface area contributed by atoms with Crippen LogP contribution in [0.4, 0.5) is 0 Å². The number of halogens is 1. The lowest BCUT2D eigenvalue weighted by Crippen LogP contribution is -2.27. The smallest absolute Gasteiger partial charge is 0.266 e. The first-order chi connectivity index (χ1) is 14.1. The van der Waals surface area contributed by atoms with Gasteiger partial charge in [0.05, 0.1) is 23.1 Å². The van der Waals surface area contributed by atoms with Crippen LogP contribution in [-0.4, -0.2) is 34.9 Å². The Morgan fingerprint density at radius 1 is 1.07 bits per heavy atom. The first kappa shape index (κ1) is 21.4. The van der Waals surface area contributed by atoms with E-state index in [-0.39, 0.29) is 5.91 Å². The van der Waals surface area contributed by atoms with E-state index in [1.165, 1.54) is 16.7 Å². The molecule has 2 aromatic carbocycles. The Kier molecular flexibility index (Phi) is 7.75. The molecule has 0 radical (unpaired) electrons. The second-order valence-electron chi connectivity index (χ2n) is 6.10. The molecule has 0 aliphatic carbocycles. The van der Waals surface area contributed by atoms with Crippen molar-refractivity contribution in [1.29, 1.82) is 0 Å². The Balaban J connectivity index is 1.58. The van der Waals surface area contributed by atoms with Crippen LogP contribution in [0.25, 0.3) is 6.08 Å². The van der Waals surface area contributed by atoms with Gasteiger partial charge in [-0.15, -0.1) is 6.58 Å². The molecule has 0 saturated carbocycles. The van der Waals surface area contributed by atoms with E-state index >= 15 is 0 Å². The van der Waals surface area contributed by atoms with Crippen LogP contribution >= 0.6 is 35.6 Å². The molecular weight excluding hydrogens is 426 g/mol. The Morgan fingerprint density at radius 2 is 1.72 bits per heavy atom. The minimum absolute atomic E-state index is 0.108. The van der Waals surface area contributed by atoms with Crippen LogP contribution in [0.5, 0.6) is 11.5 Å². The van der Waals surface area contributed by atoms with Crippen molar-refractivity contribution in [2.75, 3.05) is 19.8 Å². The van der Waals surface area contributed by atoms with Gasteiger partial charge in [-0.3, -0.25) is 9.69 Å². The predicted molar refractivity (Wildman–Crippen MR) is 124 cm³/mol. The van der Waals surface area contributed by atoms with Crippen molar-refractivity contribution < 1.29 is 14.3 Å². The fourth-order valence-corrected chi connectivity index (χ4v) is 4.10.